The number of anilines is 2. The van der Waals surface area contributed by atoms with Gasteiger partial charge in [0.2, 0.25) is 5.60 Å². The Morgan fingerprint density at radius 2 is 1.81 bits per heavy atom. The van der Waals surface area contributed by atoms with Crippen LogP contribution in [0.3, 0.4) is 0 Å². The predicted molar refractivity (Wildman–Crippen MR) is 125 cm³/mol. The molecule has 1 fully saturated rings. The highest BCUT2D eigenvalue weighted by Gasteiger charge is 2.50. The lowest BCUT2D eigenvalue weighted by Crippen LogP contribution is -2.35. The Bertz CT molecular complexity index is 1160. The summed E-state index contributed by atoms with van der Waals surface area (Å²) in [5, 5.41) is 14.9. The number of rotatable bonds is 3. The van der Waals surface area contributed by atoms with Crippen LogP contribution in [0.25, 0.3) is 11.3 Å². The van der Waals surface area contributed by atoms with E-state index in [1.165, 1.54) is 49.0 Å². The highest BCUT2D eigenvalue weighted by Crippen LogP contribution is 2.48. The molecule has 0 bridgehead atoms. The van der Waals surface area contributed by atoms with Crippen molar-refractivity contribution >= 4 is 28.1 Å². The van der Waals surface area contributed by atoms with Gasteiger partial charge in [-0.05, 0) is 49.3 Å². The number of hydrogen-bond acceptors (Lipinski definition) is 5. The number of nitrogen functional groups attached to an aromatic ring is 1. The van der Waals surface area contributed by atoms with Crippen LogP contribution in [-0.4, -0.2) is 16.0 Å². The molecule has 1 aliphatic heterocycles. The summed E-state index contributed by atoms with van der Waals surface area (Å²) >= 11 is 1.17. The third-order valence-corrected chi connectivity index (χ3v) is 7.92. The fourth-order valence-electron chi connectivity index (χ4n) is 4.96. The Morgan fingerprint density at radius 1 is 1.10 bits per heavy atom. The van der Waals surface area contributed by atoms with E-state index in [0.29, 0.717) is 32.9 Å². The molecule has 0 spiro atoms. The average molecular weight is 434 g/mol. The number of hydrogen-bond donors (Lipinski definition) is 3. The zero-order chi connectivity index (χ0) is 21.8. The summed E-state index contributed by atoms with van der Waals surface area (Å²) in [7, 11) is 0. The lowest BCUT2D eigenvalue weighted by Gasteiger charge is -2.23. The van der Waals surface area contributed by atoms with E-state index in [1.807, 2.05) is 38.1 Å². The minimum absolute atomic E-state index is 0.333. The Hall–Kier alpha value is -2.70. The molecule has 0 saturated heterocycles. The molecule has 1 aromatic heterocycles. The summed E-state index contributed by atoms with van der Waals surface area (Å²) in [4.78, 5) is 18.0. The van der Waals surface area contributed by atoms with E-state index in [2.05, 4.69) is 22.4 Å². The summed E-state index contributed by atoms with van der Waals surface area (Å²) in [6, 6.07) is 12.2. The van der Waals surface area contributed by atoms with E-state index in [1.54, 1.807) is 0 Å². The van der Waals surface area contributed by atoms with Crippen LogP contribution in [0, 0.1) is 13.8 Å². The summed E-state index contributed by atoms with van der Waals surface area (Å²) in [6.45, 7) is 3.94. The molecule has 2 heterocycles. The molecule has 3 aromatic rings. The van der Waals surface area contributed by atoms with Crippen molar-refractivity contribution in [3.8, 4) is 11.3 Å². The first-order valence-electron chi connectivity index (χ1n) is 10.9. The number of aliphatic hydroxyl groups is 1. The number of amides is 1. The quantitative estimate of drug-likeness (QED) is 0.527. The van der Waals surface area contributed by atoms with Gasteiger partial charge in [0.25, 0.3) is 5.91 Å². The van der Waals surface area contributed by atoms with Gasteiger partial charge in [0.05, 0.1) is 16.3 Å². The molecule has 0 unspecified atom stereocenters. The molecule has 4 N–H and O–H groups in total. The maximum absolute atomic E-state index is 13.0. The van der Waals surface area contributed by atoms with E-state index in [-0.39, 0.29) is 0 Å². The van der Waals surface area contributed by atoms with Crippen LogP contribution < -0.4 is 11.1 Å². The molecule has 1 amide bonds. The van der Waals surface area contributed by atoms with Crippen molar-refractivity contribution in [2.75, 3.05) is 11.1 Å². The number of fused-ring (bicyclic) bond motifs is 1. The van der Waals surface area contributed by atoms with Crippen molar-refractivity contribution in [1.29, 1.82) is 0 Å². The van der Waals surface area contributed by atoms with Gasteiger partial charge in [0, 0.05) is 11.1 Å². The highest BCUT2D eigenvalue weighted by molar-refractivity contribution is 7.16. The number of nitrogens with two attached hydrogens (primary N) is 1. The predicted octanol–water partition coefficient (Wildman–Crippen LogP) is 5.24. The molecule has 1 atom stereocenters. The van der Waals surface area contributed by atoms with E-state index in [0.717, 1.165) is 16.7 Å². The largest absolute Gasteiger partial charge is 0.375 e. The maximum atomic E-state index is 13.0. The number of carbonyl (C=O) groups excluding carboxylic acids is 1. The second-order valence-electron chi connectivity index (χ2n) is 8.78. The van der Waals surface area contributed by atoms with E-state index in [4.69, 9.17) is 5.73 Å². The Morgan fingerprint density at radius 3 is 2.52 bits per heavy atom. The summed E-state index contributed by atoms with van der Waals surface area (Å²) in [5.41, 5.74) is 10.3. The fourth-order valence-corrected chi connectivity index (χ4v) is 5.91. The standard InChI is InChI=1S/C25H27N3O2S/c1-14-8-13-19-20(15(14)2)27-23(29)25(19,30)22-21(28-24(26)31-22)18-11-9-17(10-12-18)16-6-4-3-5-7-16/h8-13,16,30H,3-7H2,1-2H3,(H2,26,28)(H,27,29)/t25-/m1/s1. The fraction of sp³-hybridized carbons (Fsp3) is 0.360. The highest BCUT2D eigenvalue weighted by atomic mass is 32.1. The van der Waals surface area contributed by atoms with Crippen LogP contribution in [0.15, 0.2) is 36.4 Å². The first-order valence-corrected chi connectivity index (χ1v) is 11.7. The van der Waals surface area contributed by atoms with Gasteiger partial charge >= 0.3 is 0 Å². The number of nitrogens with one attached hydrogen (secondary N) is 1. The van der Waals surface area contributed by atoms with Gasteiger partial charge in [-0.1, -0.05) is 67.0 Å². The van der Waals surface area contributed by atoms with Gasteiger partial charge in [-0.2, -0.15) is 0 Å². The minimum Gasteiger partial charge on any atom is -0.375 e. The van der Waals surface area contributed by atoms with Gasteiger partial charge in [-0.25, -0.2) is 4.98 Å². The van der Waals surface area contributed by atoms with Crippen LogP contribution >= 0.6 is 11.3 Å². The van der Waals surface area contributed by atoms with Crippen molar-refractivity contribution in [1.82, 2.24) is 4.98 Å². The molecular weight excluding hydrogens is 406 g/mol. The van der Waals surface area contributed by atoms with Crippen molar-refractivity contribution in [3.05, 3.63) is 63.5 Å². The SMILES string of the molecule is Cc1ccc2c(c1C)NC(=O)[C@]2(O)c1sc(N)nc1-c1ccc(C2CCCCC2)cc1. The molecule has 1 saturated carbocycles. The van der Waals surface area contributed by atoms with E-state index in [9.17, 15) is 9.90 Å². The van der Waals surface area contributed by atoms with Crippen LogP contribution in [0.5, 0.6) is 0 Å². The minimum atomic E-state index is -1.81. The zero-order valence-electron chi connectivity index (χ0n) is 17.9. The molecule has 0 radical (unpaired) electrons. The summed E-state index contributed by atoms with van der Waals surface area (Å²) in [5.74, 6) is 0.158. The molecule has 2 aliphatic rings. The molecule has 160 valence electrons. The monoisotopic (exact) mass is 433 g/mol. The van der Waals surface area contributed by atoms with Gasteiger partial charge in [-0.3, -0.25) is 4.79 Å². The van der Waals surface area contributed by atoms with Gasteiger partial charge in [0.15, 0.2) is 5.13 Å². The number of aromatic nitrogens is 1. The topological polar surface area (TPSA) is 88.2 Å². The second kappa shape index (κ2) is 7.46. The maximum Gasteiger partial charge on any atom is 0.266 e. The average Bonchev–Trinajstić information content (AvgIpc) is 3.30. The smallest absolute Gasteiger partial charge is 0.266 e. The summed E-state index contributed by atoms with van der Waals surface area (Å²) in [6.07, 6.45) is 6.39. The second-order valence-corrected chi connectivity index (χ2v) is 9.81. The van der Waals surface area contributed by atoms with E-state index < -0.39 is 11.5 Å². The lowest BCUT2D eigenvalue weighted by molar-refractivity contribution is -0.129. The number of thiazole rings is 1. The van der Waals surface area contributed by atoms with Crippen LogP contribution in [-0.2, 0) is 10.4 Å². The van der Waals surface area contributed by atoms with Crippen molar-refractivity contribution in [2.45, 2.75) is 57.5 Å². The first-order chi connectivity index (χ1) is 14.9. The zero-order valence-corrected chi connectivity index (χ0v) is 18.7. The first kappa shape index (κ1) is 20.2. The molecule has 5 rings (SSSR count). The third-order valence-electron chi connectivity index (χ3n) is 6.93. The number of aryl methyl sites for hydroxylation is 1. The Balaban J connectivity index is 1.58. The number of benzene rings is 2. The van der Waals surface area contributed by atoms with E-state index >= 15 is 0 Å². The molecule has 1 aliphatic carbocycles. The normalized spacial score (nSPS) is 21.2. The lowest BCUT2D eigenvalue weighted by atomic mass is 9.83. The Kier molecular flexibility index (Phi) is 4.87. The van der Waals surface area contributed by atoms with Gasteiger partial charge in [-0.15, -0.1) is 0 Å². The van der Waals surface area contributed by atoms with Gasteiger partial charge < -0.3 is 16.2 Å². The van der Waals surface area contributed by atoms with Crippen molar-refractivity contribution in [3.63, 3.8) is 0 Å². The molecule has 31 heavy (non-hydrogen) atoms. The Labute approximate surface area is 186 Å². The molecule has 2 aromatic carbocycles. The van der Waals surface area contributed by atoms with Crippen molar-refractivity contribution < 1.29 is 9.90 Å². The van der Waals surface area contributed by atoms with Gasteiger partial charge in [0.1, 0.15) is 0 Å². The number of carbonyl (C=O) groups is 1. The molecule has 5 nitrogen and oxygen atoms in total. The van der Waals surface area contributed by atoms with Crippen LogP contribution in [0.4, 0.5) is 10.8 Å². The van der Waals surface area contributed by atoms with Crippen molar-refractivity contribution in [2.24, 2.45) is 0 Å². The molecule has 6 heteroatoms. The van der Waals surface area contributed by atoms with Crippen LogP contribution in [0.1, 0.15) is 65.2 Å². The summed E-state index contributed by atoms with van der Waals surface area (Å²) < 4.78 is 0. The van der Waals surface area contributed by atoms with Crippen LogP contribution in [0.2, 0.25) is 0 Å². The third kappa shape index (κ3) is 3.17. The number of nitrogens with zero attached hydrogens (tertiary/aromatic N) is 1. The molecular formula is C25H27N3O2S.